The molecule has 0 unspecified atom stereocenters. The zero-order valence-electron chi connectivity index (χ0n) is 7.25. The van der Waals surface area contributed by atoms with E-state index in [1.807, 2.05) is 6.92 Å². The molecule has 0 spiro atoms. The molecule has 0 aromatic rings. The lowest BCUT2D eigenvalue weighted by Crippen LogP contribution is -2.42. The molecule has 4 heteroatoms. The van der Waals surface area contributed by atoms with E-state index in [4.69, 9.17) is 9.47 Å². The molecule has 0 bridgehead atoms. The first-order chi connectivity index (χ1) is 5.56. The van der Waals surface area contributed by atoms with Gasteiger partial charge in [-0.3, -0.25) is 9.59 Å². The van der Waals surface area contributed by atoms with E-state index in [-0.39, 0.29) is 6.42 Å². The number of carbonyl (C=O) groups is 2. The number of ether oxygens (including phenoxy) is 2. The standard InChI is InChI=1S/C8H12O4/c1-3-4-8(2)11-6(9)5-7(10)12-8/h3-5H2,1-2H3. The van der Waals surface area contributed by atoms with Crippen LogP contribution in [0.2, 0.25) is 0 Å². The Labute approximate surface area is 70.8 Å². The maximum atomic E-state index is 10.8. The van der Waals surface area contributed by atoms with Gasteiger partial charge in [-0.2, -0.15) is 0 Å². The van der Waals surface area contributed by atoms with Crippen LogP contribution in [0.25, 0.3) is 0 Å². The lowest BCUT2D eigenvalue weighted by atomic mass is 10.1. The summed E-state index contributed by atoms with van der Waals surface area (Å²) in [5, 5.41) is 0. The summed E-state index contributed by atoms with van der Waals surface area (Å²) >= 11 is 0. The molecule has 0 aromatic heterocycles. The highest BCUT2D eigenvalue weighted by Gasteiger charge is 2.37. The van der Waals surface area contributed by atoms with Crippen LogP contribution < -0.4 is 0 Å². The molecule has 1 aliphatic heterocycles. The van der Waals surface area contributed by atoms with Gasteiger partial charge in [-0.1, -0.05) is 6.92 Å². The van der Waals surface area contributed by atoms with Gasteiger partial charge in [0.2, 0.25) is 0 Å². The van der Waals surface area contributed by atoms with Crippen molar-refractivity contribution in [3.8, 4) is 0 Å². The molecule has 1 fully saturated rings. The van der Waals surface area contributed by atoms with Crippen LogP contribution in [0.4, 0.5) is 0 Å². The molecular weight excluding hydrogens is 160 g/mol. The van der Waals surface area contributed by atoms with E-state index in [9.17, 15) is 9.59 Å². The van der Waals surface area contributed by atoms with Crippen molar-refractivity contribution < 1.29 is 19.1 Å². The zero-order valence-corrected chi connectivity index (χ0v) is 7.25. The van der Waals surface area contributed by atoms with Crippen molar-refractivity contribution in [2.24, 2.45) is 0 Å². The van der Waals surface area contributed by atoms with E-state index in [2.05, 4.69) is 0 Å². The largest absolute Gasteiger partial charge is 0.422 e. The Morgan fingerprint density at radius 2 is 1.83 bits per heavy atom. The Morgan fingerprint density at radius 3 is 2.25 bits per heavy atom. The molecule has 0 aliphatic carbocycles. The maximum absolute atomic E-state index is 10.8. The van der Waals surface area contributed by atoms with E-state index in [0.29, 0.717) is 6.42 Å². The second-order valence-electron chi connectivity index (χ2n) is 3.01. The first-order valence-corrected chi connectivity index (χ1v) is 3.99. The predicted octanol–water partition coefficient (Wildman–Crippen LogP) is 0.993. The van der Waals surface area contributed by atoms with Gasteiger partial charge in [0.05, 0.1) is 0 Å². The van der Waals surface area contributed by atoms with Crippen molar-refractivity contribution in [2.45, 2.75) is 38.9 Å². The Balaban J connectivity index is 2.64. The fourth-order valence-corrected chi connectivity index (χ4v) is 1.25. The highest BCUT2D eigenvalue weighted by molar-refractivity contribution is 5.93. The summed E-state index contributed by atoms with van der Waals surface area (Å²) in [6, 6.07) is 0. The van der Waals surface area contributed by atoms with Gasteiger partial charge in [-0.25, -0.2) is 0 Å². The monoisotopic (exact) mass is 172 g/mol. The van der Waals surface area contributed by atoms with Gasteiger partial charge in [0.25, 0.3) is 5.79 Å². The molecule has 1 aliphatic rings. The predicted molar refractivity (Wildman–Crippen MR) is 40.1 cm³/mol. The normalized spacial score (nSPS) is 21.5. The highest BCUT2D eigenvalue weighted by atomic mass is 16.7. The van der Waals surface area contributed by atoms with Gasteiger partial charge in [0, 0.05) is 13.3 Å². The quantitative estimate of drug-likeness (QED) is 0.460. The summed E-state index contributed by atoms with van der Waals surface area (Å²) in [5.41, 5.74) is 0. The average Bonchev–Trinajstić information content (AvgIpc) is 1.82. The van der Waals surface area contributed by atoms with Crippen LogP contribution in [-0.2, 0) is 19.1 Å². The fraction of sp³-hybridized carbons (Fsp3) is 0.750. The summed E-state index contributed by atoms with van der Waals surface area (Å²) in [4.78, 5) is 21.7. The first kappa shape index (κ1) is 9.03. The van der Waals surface area contributed by atoms with Crippen LogP contribution in [0, 0.1) is 0 Å². The minimum absolute atomic E-state index is 0.265. The van der Waals surface area contributed by atoms with Crippen LogP contribution in [0.5, 0.6) is 0 Å². The zero-order chi connectivity index (χ0) is 9.19. The number of hydrogen-bond acceptors (Lipinski definition) is 4. The second kappa shape index (κ2) is 3.13. The van der Waals surface area contributed by atoms with Crippen molar-refractivity contribution in [1.29, 1.82) is 0 Å². The van der Waals surface area contributed by atoms with E-state index in [1.165, 1.54) is 0 Å². The lowest BCUT2D eigenvalue weighted by molar-refractivity contribution is -0.239. The molecule has 68 valence electrons. The molecule has 0 radical (unpaired) electrons. The van der Waals surface area contributed by atoms with E-state index in [1.54, 1.807) is 6.92 Å². The van der Waals surface area contributed by atoms with Gasteiger partial charge >= 0.3 is 11.9 Å². The highest BCUT2D eigenvalue weighted by Crippen LogP contribution is 2.24. The molecule has 1 heterocycles. The molecule has 0 atom stereocenters. The Kier molecular flexibility index (Phi) is 2.35. The Morgan fingerprint density at radius 1 is 1.33 bits per heavy atom. The molecular formula is C8H12O4. The number of carbonyl (C=O) groups excluding carboxylic acids is 2. The second-order valence-corrected chi connectivity index (χ2v) is 3.01. The van der Waals surface area contributed by atoms with Crippen LogP contribution >= 0.6 is 0 Å². The average molecular weight is 172 g/mol. The van der Waals surface area contributed by atoms with Gasteiger partial charge in [0.1, 0.15) is 6.42 Å². The molecule has 1 saturated heterocycles. The lowest BCUT2D eigenvalue weighted by Gasteiger charge is -2.32. The first-order valence-electron chi connectivity index (χ1n) is 3.99. The molecule has 0 aromatic carbocycles. The van der Waals surface area contributed by atoms with Crippen LogP contribution in [0.1, 0.15) is 33.1 Å². The summed E-state index contributed by atoms with van der Waals surface area (Å²) in [5.74, 6) is -2.02. The summed E-state index contributed by atoms with van der Waals surface area (Å²) in [7, 11) is 0. The third kappa shape index (κ3) is 1.96. The van der Waals surface area contributed by atoms with Gasteiger partial charge in [-0.05, 0) is 6.42 Å². The Hall–Kier alpha value is -1.06. The topological polar surface area (TPSA) is 52.6 Å². The number of hydrogen-bond donors (Lipinski definition) is 0. The minimum atomic E-state index is -1.03. The van der Waals surface area contributed by atoms with Crippen molar-refractivity contribution >= 4 is 11.9 Å². The van der Waals surface area contributed by atoms with E-state index >= 15 is 0 Å². The van der Waals surface area contributed by atoms with Crippen LogP contribution in [0.3, 0.4) is 0 Å². The summed E-state index contributed by atoms with van der Waals surface area (Å²) in [6.07, 6.45) is 1.08. The van der Waals surface area contributed by atoms with E-state index < -0.39 is 17.7 Å². The third-order valence-corrected chi connectivity index (χ3v) is 1.65. The molecule has 4 nitrogen and oxygen atoms in total. The Bertz CT molecular complexity index is 193. The minimum Gasteiger partial charge on any atom is -0.422 e. The van der Waals surface area contributed by atoms with Crippen molar-refractivity contribution in [1.82, 2.24) is 0 Å². The molecule has 12 heavy (non-hydrogen) atoms. The van der Waals surface area contributed by atoms with Crippen molar-refractivity contribution in [3.63, 3.8) is 0 Å². The number of cyclic esters (lactones) is 2. The molecule has 0 amide bonds. The summed E-state index contributed by atoms with van der Waals surface area (Å²) in [6.45, 7) is 3.53. The number of esters is 2. The molecule has 0 saturated carbocycles. The summed E-state index contributed by atoms with van der Waals surface area (Å²) < 4.78 is 9.81. The van der Waals surface area contributed by atoms with Gasteiger partial charge < -0.3 is 9.47 Å². The fourth-order valence-electron chi connectivity index (χ4n) is 1.25. The third-order valence-electron chi connectivity index (χ3n) is 1.65. The molecule has 1 rings (SSSR count). The molecule has 0 N–H and O–H groups in total. The van der Waals surface area contributed by atoms with Gasteiger partial charge in [-0.15, -0.1) is 0 Å². The smallest absolute Gasteiger partial charge is 0.320 e. The van der Waals surface area contributed by atoms with Crippen molar-refractivity contribution in [2.75, 3.05) is 0 Å². The SMILES string of the molecule is CCCC1(C)OC(=O)CC(=O)O1. The number of rotatable bonds is 2. The van der Waals surface area contributed by atoms with Crippen LogP contribution in [-0.4, -0.2) is 17.7 Å². The van der Waals surface area contributed by atoms with Crippen molar-refractivity contribution in [3.05, 3.63) is 0 Å². The maximum Gasteiger partial charge on any atom is 0.320 e. The van der Waals surface area contributed by atoms with Crippen LogP contribution in [0.15, 0.2) is 0 Å². The van der Waals surface area contributed by atoms with E-state index in [0.717, 1.165) is 6.42 Å². The van der Waals surface area contributed by atoms with Gasteiger partial charge in [0.15, 0.2) is 0 Å².